The first-order chi connectivity index (χ1) is 13.0. The van der Waals surface area contributed by atoms with Crippen LogP contribution < -0.4 is 0 Å². The highest BCUT2D eigenvalue weighted by Crippen LogP contribution is 2.39. The number of hydrogen-bond donors (Lipinski definition) is 2. The molecule has 1 aromatic rings. The van der Waals surface area contributed by atoms with Gasteiger partial charge in [0, 0.05) is 0 Å². The topological polar surface area (TPSA) is 133 Å². The van der Waals surface area contributed by atoms with Gasteiger partial charge in [-0.1, -0.05) is 48.6 Å². The van der Waals surface area contributed by atoms with Gasteiger partial charge in [0.05, 0.1) is 10.3 Å². The van der Waals surface area contributed by atoms with Crippen LogP contribution in [0, 0.1) is 0 Å². The predicted molar refractivity (Wildman–Crippen MR) is 111 cm³/mol. The van der Waals surface area contributed by atoms with Crippen LogP contribution in [0.1, 0.15) is 5.56 Å². The third-order valence-corrected chi connectivity index (χ3v) is 6.23. The second-order valence-electron chi connectivity index (χ2n) is 5.46. The molecule has 1 aromatic carbocycles. The molecule has 0 saturated carbocycles. The van der Waals surface area contributed by atoms with Gasteiger partial charge in [-0.25, -0.2) is 0 Å². The highest BCUT2D eigenvalue weighted by molar-refractivity contribution is 7.93. The molecule has 28 heavy (non-hydrogen) atoms. The molecule has 0 aliphatic heterocycles. The zero-order valence-corrected chi connectivity index (χ0v) is 17.1. The van der Waals surface area contributed by atoms with Crippen LogP contribution in [-0.2, 0) is 20.2 Å². The molecule has 8 nitrogen and oxygen atoms in total. The second-order valence-corrected chi connectivity index (χ2v) is 8.71. The summed E-state index contributed by atoms with van der Waals surface area (Å²) in [5.41, 5.74) is -1.82. The monoisotopic (exact) mass is 456 g/mol. The van der Waals surface area contributed by atoms with Crippen LogP contribution in [-0.4, -0.2) is 47.2 Å². The van der Waals surface area contributed by atoms with E-state index in [1.54, 1.807) is 30.3 Å². The van der Waals surface area contributed by atoms with E-state index >= 15 is 0 Å². The molecule has 0 fully saturated rings. The van der Waals surface area contributed by atoms with Gasteiger partial charge in [-0.3, -0.25) is 9.11 Å². The van der Waals surface area contributed by atoms with Crippen LogP contribution in [0.2, 0.25) is 0 Å². The van der Waals surface area contributed by atoms with Gasteiger partial charge >= 0.3 is 0 Å². The molecule has 146 valence electrons. The smallest absolute Gasteiger partial charge is 0.285 e. The Hall–Kier alpha value is -2.14. The molecule has 0 amide bonds. The first-order valence-electron chi connectivity index (χ1n) is 7.33. The highest BCUT2D eigenvalue weighted by Gasteiger charge is 2.53. The van der Waals surface area contributed by atoms with Crippen molar-refractivity contribution in [3.05, 3.63) is 64.6 Å². The zero-order chi connectivity index (χ0) is 21.0. The van der Waals surface area contributed by atoms with Crippen molar-refractivity contribution in [2.24, 2.45) is 9.98 Å². The molecule has 0 radical (unpaired) electrons. The fraction of sp³-hybridized carbons (Fsp3) is 0.125. The molecular formula is C16H12N2O6S4. The molecule has 1 atom stereocenters. The van der Waals surface area contributed by atoms with Crippen LogP contribution in [0.5, 0.6) is 0 Å². The van der Waals surface area contributed by atoms with E-state index in [2.05, 4.69) is 34.4 Å². The van der Waals surface area contributed by atoms with Gasteiger partial charge in [0.25, 0.3) is 20.2 Å². The summed E-state index contributed by atoms with van der Waals surface area (Å²) < 4.78 is 67.7. The fourth-order valence-electron chi connectivity index (χ4n) is 2.62. The Kier molecular flexibility index (Phi) is 6.71. The van der Waals surface area contributed by atoms with Crippen LogP contribution >= 0.6 is 24.4 Å². The molecule has 2 rings (SSSR count). The lowest BCUT2D eigenvalue weighted by atomic mass is 9.96. The van der Waals surface area contributed by atoms with Crippen LogP contribution in [0.4, 0.5) is 0 Å². The summed E-state index contributed by atoms with van der Waals surface area (Å²) in [6, 6.07) is 8.68. The molecule has 1 aliphatic carbocycles. The fourth-order valence-corrected chi connectivity index (χ4v) is 5.54. The number of isothiocyanates is 2. The summed E-state index contributed by atoms with van der Waals surface area (Å²) in [5.74, 6) is 0. The molecule has 0 bridgehead atoms. The van der Waals surface area contributed by atoms with Crippen molar-refractivity contribution in [3.8, 4) is 0 Å². The van der Waals surface area contributed by atoms with E-state index in [9.17, 15) is 25.9 Å². The second kappa shape index (κ2) is 8.48. The number of rotatable bonds is 6. The highest BCUT2D eigenvalue weighted by atomic mass is 32.2. The lowest BCUT2D eigenvalue weighted by molar-refractivity contribution is 0.435. The van der Waals surface area contributed by atoms with E-state index in [4.69, 9.17) is 0 Å². The first-order valence-corrected chi connectivity index (χ1v) is 11.1. The largest absolute Gasteiger partial charge is 0.292 e. The molecule has 1 unspecified atom stereocenters. The van der Waals surface area contributed by atoms with Crippen LogP contribution in [0.3, 0.4) is 0 Å². The molecule has 0 heterocycles. The number of benzene rings is 1. The summed E-state index contributed by atoms with van der Waals surface area (Å²) in [6.45, 7) is 0. The van der Waals surface area contributed by atoms with Gasteiger partial charge in [0.2, 0.25) is 5.66 Å². The van der Waals surface area contributed by atoms with Gasteiger partial charge in [0.1, 0.15) is 4.91 Å². The molecule has 0 spiro atoms. The van der Waals surface area contributed by atoms with E-state index in [0.29, 0.717) is 5.56 Å². The summed E-state index contributed by atoms with van der Waals surface area (Å²) >= 11 is 8.96. The Morgan fingerprint density at radius 3 is 2.04 bits per heavy atom. The molecule has 0 saturated heterocycles. The Balaban J connectivity index is 2.84. The van der Waals surface area contributed by atoms with Crippen molar-refractivity contribution < 1.29 is 25.9 Å². The van der Waals surface area contributed by atoms with Crippen molar-refractivity contribution in [2.75, 3.05) is 0 Å². The van der Waals surface area contributed by atoms with Crippen molar-refractivity contribution in [1.82, 2.24) is 0 Å². The first kappa shape index (κ1) is 22.2. The van der Waals surface area contributed by atoms with E-state index in [-0.39, 0.29) is 5.57 Å². The number of thiocarbonyl (C=S) groups is 2. The molecule has 12 heteroatoms. The Bertz CT molecular complexity index is 1150. The zero-order valence-electron chi connectivity index (χ0n) is 13.8. The number of allylic oxidation sites excluding steroid dienone is 3. The maximum Gasteiger partial charge on any atom is 0.292 e. The Labute approximate surface area is 172 Å². The third kappa shape index (κ3) is 4.82. The Morgan fingerprint density at radius 1 is 1.00 bits per heavy atom. The average Bonchev–Trinajstić information content (AvgIpc) is 2.60. The summed E-state index contributed by atoms with van der Waals surface area (Å²) in [5, 5.41) is 1.44. The van der Waals surface area contributed by atoms with Crippen LogP contribution in [0.25, 0.3) is 6.08 Å². The van der Waals surface area contributed by atoms with Gasteiger partial charge in [-0.15, -0.1) is 0 Å². The van der Waals surface area contributed by atoms with E-state index in [1.165, 1.54) is 12.2 Å². The van der Waals surface area contributed by atoms with Crippen LogP contribution in [0.15, 0.2) is 69.0 Å². The van der Waals surface area contributed by atoms with Crippen molar-refractivity contribution in [2.45, 2.75) is 10.9 Å². The Morgan fingerprint density at radius 2 is 1.57 bits per heavy atom. The predicted octanol–water partition coefficient (Wildman–Crippen LogP) is 2.57. The lowest BCUT2D eigenvalue weighted by Gasteiger charge is -2.31. The van der Waals surface area contributed by atoms with Crippen molar-refractivity contribution in [3.63, 3.8) is 0 Å². The minimum Gasteiger partial charge on any atom is -0.285 e. The normalized spacial score (nSPS) is 22.6. The van der Waals surface area contributed by atoms with Gasteiger partial charge < -0.3 is 0 Å². The maximum atomic E-state index is 12.1. The molecule has 2 N–H and O–H groups in total. The minimum absolute atomic E-state index is 0.205. The molecule has 1 aliphatic rings. The number of nitrogens with zero attached hydrogens (tertiary/aromatic N) is 2. The van der Waals surface area contributed by atoms with E-state index < -0.39 is 36.1 Å². The lowest BCUT2D eigenvalue weighted by Crippen LogP contribution is -2.47. The number of aliphatic imine (C=N–C) groups is 2. The van der Waals surface area contributed by atoms with Crippen molar-refractivity contribution in [1.29, 1.82) is 0 Å². The molecular weight excluding hydrogens is 444 g/mol. The third-order valence-electron chi connectivity index (χ3n) is 3.70. The van der Waals surface area contributed by atoms with E-state index in [0.717, 1.165) is 12.2 Å². The maximum absolute atomic E-state index is 12.1. The summed E-state index contributed by atoms with van der Waals surface area (Å²) in [4.78, 5) is 6.12. The van der Waals surface area contributed by atoms with Gasteiger partial charge in [-0.05, 0) is 41.6 Å². The standard InChI is InChI=1S/C16H12N2O6S4/c19-27(20,21)14-13(7-6-12-4-2-1-3-5-12)8-9-16(17-10-25,18-11-26)15(14)28(22,23)24/h1-9,15H,(H,19,20,21)(H,22,23,24). The summed E-state index contributed by atoms with van der Waals surface area (Å²) in [7, 11) is -10.3. The quantitative estimate of drug-likeness (QED) is 0.379. The average molecular weight is 457 g/mol. The van der Waals surface area contributed by atoms with Gasteiger partial charge in [-0.2, -0.15) is 26.8 Å². The van der Waals surface area contributed by atoms with Gasteiger partial charge in [0.15, 0.2) is 5.25 Å². The molecule has 0 aromatic heterocycles. The summed E-state index contributed by atoms with van der Waals surface area (Å²) in [6.07, 6.45) is 4.99. The SMILES string of the molecule is O=S(=O)(O)C1=C(C=Cc2ccccc2)C=CC(N=C=S)(N=C=S)C1S(=O)(=O)O. The van der Waals surface area contributed by atoms with E-state index in [1.807, 2.05) is 10.3 Å². The number of hydrogen-bond acceptors (Lipinski definition) is 8. The van der Waals surface area contributed by atoms with Crippen molar-refractivity contribution >= 4 is 61.1 Å². The minimum atomic E-state index is -5.17.